The highest BCUT2D eigenvalue weighted by atomic mass is 32.1. The lowest BCUT2D eigenvalue weighted by atomic mass is 10.2. The molecule has 0 amide bonds. The predicted octanol–water partition coefficient (Wildman–Crippen LogP) is 3.35. The van der Waals surface area contributed by atoms with Crippen LogP contribution in [0, 0.1) is 0 Å². The van der Waals surface area contributed by atoms with Crippen LogP contribution < -0.4 is 14.8 Å². The maximum Gasteiger partial charge on any atom is 0.173 e. The molecule has 2 aliphatic rings. The second-order valence-electron chi connectivity index (χ2n) is 6.54. The van der Waals surface area contributed by atoms with Gasteiger partial charge in [-0.05, 0) is 43.3 Å². The van der Waals surface area contributed by atoms with Crippen LogP contribution in [0.2, 0.25) is 0 Å². The van der Waals surface area contributed by atoms with Crippen LogP contribution in [0.5, 0.6) is 11.5 Å². The van der Waals surface area contributed by atoms with Crippen molar-refractivity contribution < 1.29 is 9.47 Å². The molecule has 1 fully saturated rings. The second kappa shape index (κ2) is 6.25. The molecule has 0 spiro atoms. The topological polar surface area (TPSA) is 59.5 Å². The standard InChI is InChI=1S/C19H18N4O2S/c26-19(23-5-1-2-6-23)20-12-3-4-13-14(9-12)22-16-11-18-17(10-15(16)21-13)24-7-8-25-18/h3-4,9-11H,1-2,5-8H2,(H,20,26). The third kappa shape index (κ3) is 2.78. The summed E-state index contributed by atoms with van der Waals surface area (Å²) >= 11 is 5.51. The van der Waals surface area contributed by atoms with Crippen LogP contribution in [0.15, 0.2) is 30.3 Å². The van der Waals surface area contributed by atoms with Crippen LogP contribution in [0.3, 0.4) is 0 Å². The van der Waals surface area contributed by atoms with Crippen molar-refractivity contribution in [3.05, 3.63) is 30.3 Å². The molecule has 3 heterocycles. The van der Waals surface area contributed by atoms with Crippen molar-refractivity contribution in [3.63, 3.8) is 0 Å². The van der Waals surface area contributed by atoms with Crippen LogP contribution in [0.4, 0.5) is 5.69 Å². The molecule has 26 heavy (non-hydrogen) atoms. The third-order valence-corrected chi connectivity index (χ3v) is 5.10. The number of fused-ring (bicyclic) bond motifs is 3. The van der Waals surface area contributed by atoms with Crippen molar-refractivity contribution in [1.82, 2.24) is 14.9 Å². The third-order valence-electron chi connectivity index (χ3n) is 4.74. The van der Waals surface area contributed by atoms with E-state index >= 15 is 0 Å². The van der Waals surface area contributed by atoms with Gasteiger partial charge in [0.2, 0.25) is 0 Å². The molecule has 0 radical (unpaired) electrons. The van der Waals surface area contributed by atoms with E-state index in [4.69, 9.17) is 31.7 Å². The van der Waals surface area contributed by atoms with Gasteiger partial charge in [-0.15, -0.1) is 0 Å². The lowest BCUT2D eigenvalue weighted by Crippen LogP contribution is -2.31. The summed E-state index contributed by atoms with van der Waals surface area (Å²) in [7, 11) is 0. The average molecular weight is 366 g/mol. The van der Waals surface area contributed by atoms with Gasteiger partial charge < -0.3 is 19.7 Å². The summed E-state index contributed by atoms with van der Waals surface area (Å²) in [6.07, 6.45) is 2.40. The Morgan fingerprint density at radius 1 is 0.885 bits per heavy atom. The Balaban J connectivity index is 1.50. The fourth-order valence-electron chi connectivity index (χ4n) is 3.41. The van der Waals surface area contributed by atoms with Crippen molar-refractivity contribution in [1.29, 1.82) is 0 Å². The molecule has 5 rings (SSSR count). The van der Waals surface area contributed by atoms with Crippen LogP contribution in [0.1, 0.15) is 12.8 Å². The van der Waals surface area contributed by atoms with Crippen molar-refractivity contribution in [2.75, 3.05) is 31.6 Å². The Morgan fingerprint density at radius 2 is 1.50 bits per heavy atom. The van der Waals surface area contributed by atoms with Gasteiger partial charge >= 0.3 is 0 Å². The van der Waals surface area contributed by atoms with E-state index < -0.39 is 0 Å². The van der Waals surface area contributed by atoms with Gasteiger partial charge in [0.1, 0.15) is 13.2 Å². The van der Waals surface area contributed by atoms with E-state index in [1.807, 2.05) is 30.3 Å². The van der Waals surface area contributed by atoms with Gasteiger partial charge in [-0.1, -0.05) is 0 Å². The number of nitrogens with one attached hydrogen (secondary N) is 1. The summed E-state index contributed by atoms with van der Waals surface area (Å²) in [5.74, 6) is 1.45. The molecule has 7 heteroatoms. The minimum Gasteiger partial charge on any atom is -0.486 e. The molecule has 0 bridgehead atoms. The quantitative estimate of drug-likeness (QED) is 0.523. The van der Waals surface area contributed by atoms with Crippen LogP contribution in [0.25, 0.3) is 22.1 Å². The zero-order chi connectivity index (χ0) is 17.5. The van der Waals surface area contributed by atoms with Crippen LogP contribution in [-0.4, -0.2) is 46.3 Å². The fraction of sp³-hybridized carbons (Fsp3) is 0.316. The molecule has 1 aromatic heterocycles. The Kier molecular flexibility index (Phi) is 3.74. The number of benzene rings is 2. The number of hydrogen-bond donors (Lipinski definition) is 1. The van der Waals surface area contributed by atoms with E-state index in [1.54, 1.807) is 0 Å². The first-order valence-corrected chi connectivity index (χ1v) is 9.24. The van der Waals surface area contributed by atoms with Gasteiger partial charge in [-0.3, -0.25) is 0 Å². The minimum absolute atomic E-state index is 0.557. The normalized spacial score (nSPS) is 16.2. The molecule has 2 aliphatic heterocycles. The summed E-state index contributed by atoms with van der Waals surface area (Å²) in [6.45, 7) is 3.17. The number of rotatable bonds is 1. The molecule has 3 aromatic rings. The van der Waals surface area contributed by atoms with Crippen molar-refractivity contribution in [2.24, 2.45) is 0 Å². The van der Waals surface area contributed by atoms with Gasteiger partial charge in [-0.2, -0.15) is 0 Å². The molecule has 6 nitrogen and oxygen atoms in total. The van der Waals surface area contributed by atoms with Gasteiger partial charge in [0.25, 0.3) is 0 Å². The van der Waals surface area contributed by atoms with Crippen molar-refractivity contribution in [2.45, 2.75) is 12.8 Å². The molecule has 0 saturated carbocycles. The van der Waals surface area contributed by atoms with E-state index in [1.165, 1.54) is 12.8 Å². The second-order valence-corrected chi connectivity index (χ2v) is 6.92. The van der Waals surface area contributed by atoms with Crippen molar-refractivity contribution >= 4 is 45.1 Å². The van der Waals surface area contributed by atoms with Crippen LogP contribution >= 0.6 is 12.2 Å². The highest BCUT2D eigenvalue weighted by Gasteiger charge is 2.16. The lowest BCUT2D eigenvalue weighted by molar-refractivity contribution is 0.172. The molecule has 0 aliphatic carbocycles. The Bertz CT molecular complexity index is 1020. The molecular formula is C19H18N4O2S. The number of anilines is 1. The number of nitrogens with zero attached hydrogens (tertiary/aromatic N) is 3. The minimum atomic E-state index is 0.557. The largest absolute Gasteiger partial charge is 0.486 e. The van der Waals surface area contributed by atoms with E-state index in [0.717, 1.165) is 57.5 Å². The van der Waals surface area contributed by atoms with Gasteiger partial charge in [-0.25, -0.2) is 9.97 Å². The first-order valence-electron chi connectivity index (χ1n) is 8.83. The molecule has 0 atom stereocenters. The number of aromatic nitrogens is 2. The van der Waals surface area contributed by atoms with E-state index in [9.17, 15) is 0 Å². The first kappa shape index (κ1) is 15.6. The highest BCUT2D eigenvalue weighted by molar-refractivity contribution is 7.80. The highest BCUT2D eigenvalue weighted by Crippen LogP contribution is 2.34. The Hall–Kier alpha value is -2.67. The summed E-state index contributed by atoms with van der Waals surface area (Å²) in [4.78, 5) is 11.7. The SMILES string of the molecule is S=C(Nc1ccc2nc3cc4c(cc3nc2c1)OCCO4)N1CCCC1. The van der Waals surface area contributed by atoms with Crippen molar-refractivity contribution in [3.8, 4) is 11.5 Å². The van der Waals surface area contributed by atoms with Gasteiger partial charge in [0.15, 0.2) is 16.6 Å². The maximum absolute atomic E-state index is 5.65. The summed E-state index contributed by atoms with van der Waals surface area (Å²) in [5.41, 5.74) is 4.19. The monoisotopic (exact) mass is 366 g/mol. The molecule has 2 aromatic carbocycles. The number of thiocarbonyl (C=S) groups is 1. The number of hydrogen-bond acceptors (Lipinski definition) is 5. The van der Waals surface area contributed by atoms with E-state index in [2.05, 4.69) is 10.2 Å². The summed E-state index contributed by atoms with van der Waals surface area (Å²) in [5, 5.41) is 4.09. The number of likely N-dealkylation sites (tertiary alicyclic amines) is 1. The van der Waals surface area contributed by atoms with Crippen LogP contribution in [-0.2, 0) is 0 Å². The fourth-order valence-corrected chi connectivity index (χ4v) is 3.71. The zero-order valence-corrected chi connectivity index (χ0v) is 15.0. The molecule has 0 unspecified atom stereocenters. The summed E-state index contributed by atoms with van der Waals surface area (Å²) in [6, 6.07) is 9.73. The predicted molar refractivity (Wildman–Crippen MR) is 105 cm³/mol. The molecule has 1 N–H and O–H groups in total. The van der Waals surface area contributed by atoms with E-state index in [0.29, 0.717) is 13.2 Å². The van der Waals surface area contributed by atoms with E-state index in [-0.39, 0.29) is 0 Å². The molecule has 132 valence electrons. The Labute approximate surface area is 156 Å². The zero-order valence-electron chi connectivity index (χ0n) is 14.2. The lowest BCUT2D eigenvalue weighted by Gasteiger charge is -2.20. The smallest absolute Gasteiger partial charge is 0.173 e. The van der Waals surface area contributed by atoms with Gasteiger partial charge in [0, 0.05) is 30.9 Å². The first-order chi connectivity index (χ1) is 12.8. The average Bonchev–Trinajstić information content (AvgIpc) is 3.19. The molecule has 1 saturated heterocycles. The number of ether oxygens (including phenoxy) is 2. The summed E-state index contributed by atoms with van der Waals surface area (Å²) < 4.78 is 11.3. The molecular weight excluding hydrogens is 348 g/mol. The Morgan fingerprint density at radius 3 is 2.19 bits per heavy atom. The maximum atomic E-state index is 5.65. The van der Waals surface area contributed by atoms with Gasteiger partial charge in [0.05, 0.1) is 22.1 Å².